The summed E-state index contributed by atoms with van der Waals surface area (Å²) in [6.45, 7) is 9.28. The molecular formula is C78H91N15O24P4. The number of phosphoric ester groups is 4. The Kier molecular flexibility index (Phi) is 32.2. The van der Waals surface area contributed by atoms with E-state index in [1.54, 1.807) is 0 Å². The summed E-state index contributed by atoms with van der Waals surface area (Å²) >= 11 is 0. The maximum Gasteiger partial charge on any atom is 0.524 e. The number of isocyanates is 3. The number of aryl methyl sites for hydroxylation is 3. The molecule has 0 amide bonds. The first kappa shape index (κ1) is 92.1. The lowest BCUT2D eigenvalue weighted by Crippen LogP contribution is -2.08. The molecule has 642 valence electrons. The van der Waals surface area contributed by atoms with Crippen LogP contribution in [0.15, 0.2) is 124 Å². The van der Waals surface area contributed by atoms with Gasteiger partial charge in [-0.3, -0.25) is 39.1 Å². The molecule has 12 aromatic rings. The van der Waals surface area contributed by atoms with Crippen LogP contribution in [0.4, 0.5) is 17.5 Å². The number of phenols is 2. The highest BCUT2D eigenvalue weighted by molar-refractivity contribution is 7.47. The highest BCUT2D eigenvalue weighted by Gasteiger charge is 2.28. The van der Waals surface area contributed by atoms with Gasteiger partial charge in [-0.05, 0) is 146 Å². The summed E-state index contributed by atoms with van der Waals surface area (Å²) in [5, 5.41) is 23.1. The van der Waals surface area contributed by atoms with Crippen molar-refractivity contribution < 1.29 is 114 Å². The van der Waals surface area contributed by atoms with Crippen molar-refractivity contribution in [3.05, 3.63) is 160 Å². The Labute approximate surface area is 690 Å². The number of anilines is 3. The van der Waals surface area contributed by atoms with E-state index in [1.807, 2.05) is 75.2 Å². The molecule has 0 unspecified atom stereocenters. The fourth-order valence-corrected chi connectivity index (χ4v) is 14.9. The highest BCUT2D eigenvalue weighted by atomic mass is 31.2. The molecule has 0 aliphatic heterocycles. The Morgan fingerprint density at radius 2 is 0.702 bits per heavy atom. The van der Waals surface area contributed by atoms with E-state index >= 15 is 0 Å². The van der Waals surface area contributed by atoms with Gasteiger partial charge in [0.15, 0.2) is 17.5 Å². The SMILES string of the molecule is CCCCc1nc2c(N)nc3ccc(CCOCCN=C=O)cc3c2n1Cc1cc(O)ccc1OP(=O)(O)O.CCCCc1nc2c(N)nc3ccc(CCOCCN=C=O)cc3c2n1Cc1cc(OP(=O)(O)O)ccc1O.CCCCc1nc2c(N)nc3ccc(CCOCCN=C=O)cc3c2n1Cc1cc(OP(=O)(O)O)ccc1OP(=O)(O)O. The monoisotopic (exact) mass is 1750 g/mol. The van der Waals surface area contributed by atoms with Crippen LogP contribution in [-0.2, 0) is 105 Å². The van der Waals surface area contributed by atoms with Crippen LogP contribution in [0.25, 0.3) is 65.8 Å². The number of aliphatic imine (C=N–C) groups is 3. The molecule has 0 saturated carbocycles. The van der Waals surface area contributed by atoms with E-state index < -0.39 is 31.3 Å². The highest BCUT2D eigenvalue weighted by Crippen LogP contribution is 2.46. The van der Waals surface area contributed by atoms with Gasteiger partial charge in [0.1, 0.15) is 68.5 Å². The zero-order valence-electron chi connectivity index (χ0n) is 65.9. The molecule has 43 heteroatoms. The minimum Gasteiger partial charge on any atom is -0.508 e. The van der Waals surface area contributed by atoms with Crippen LogP contribution in [-0.4, -0.2) is 170 Å². The molecule has 6 heterocycles. The third kappa shape index (κ3) is 25.9. The van der Waals surface area contributed by atoms with Gasteiger partial charge >= 0.3 is 31.3 Å². The summed E-state index contributed by atoms with van der Waals surface area (Å²) in [6.07, 6.45) is 13.3. The standard InChI is InChI=1S/C26H31N5O10P2.2C26H30N5O7P/c1-2-3-4-23-30-24-25(20-13-17(5-7-21(20)29-26(24)27)9-11-39-12-10-28-16-32)31(23)15-18-14-19(40-42(33,34)35)6-8-22(18)41-43(36,37)38;1-2-3-4-23-30-24-25(31(23)15-18-14-19(6-8-22(18)33)38-39(34,35)36)20-13-17(5-7-21(20)29-26(24)27)9-11-37-12-10-28-16-32;1-2-3-4-23-30-24-25(31(23)15-18-14-19(33)6-8-22(18)38-39(34,35)36)20-13-17(5-7-21(20)29-26(24)27)9-11-37-12-10-28-16-32/h5-8,13-14H,2-4,9-12,15H2,1H3,(H2,27,29)(H2,33,34,35)(H2,36,37,38);2*5-8,13-14,33H,2-4,9-12,15H2,1H3,(H2,27,29)(H2,34,35,36). The maximum atomic E-state index is 11.7. The Morgan fingerprint density at radius 3 is 1.04 bits per heavy atom. The number of benzene rings is 6. The van der Waals surface area contributed by atoms with Gasteiger partial charge in [0, 0.05) is 52.1 Å². The quantitative estimate of drug-likeness (QED) is 0.00732. The molecule has 39 nitrogen and oxygen atoms in total. The van der Waals surface area contributed by atoms with Crippen molar-refractivity contribution in [2.75, 3.05) is 76.5 Å². The van der Waals surface area contributed by atoms with Gasteiger partial charge in [-0.15, -0.1) is 0 Å². The number of hydrogen-bond acceptors (Lipinski definition) is 28. The van der Waals surface area contributed by atoms with Crippen LogP contribution >= 0.6 is 31.3 Å². The normalized spacial score (nSPS) is 11.8. The summed E-state index contributed by atoms with van der Waals surface area (Å²) in [5.41, 5.74) is 28.3. The molecule has 0 atom stereocenters. The van der Waals surface area contributed by atoms with E-state index in [0.29, 0.717) is 133 Å². The first-order chi connectivity index (χ1) is 57.8. The number of pyridine rings is 3. The Morgan fingerprint density at radius 1 is 0.380 bits per heavy atom. The summed E-state index contributed by atoms with van der Waals surface area (Å²) in [6, 6.07) is 28.9. The Bertz CT molecular complexity index is 6070. The van der Waals surface area contributed by atoms with E-state index in [-0.39, 0.29) is 103 Å². The second-order valence-corrected chi connectivity index (χ2v) is 32.1. The Balaban J connectivity index is 0.000000191. The van der Waals surface area contributed by atoms with E-state index in [2.05, 4.69) is 43.8 Å². The largest absolute Gasteiger partial charge is 0.524 e. The van der Waals surface area contributed by atoms with E-state index in [4.69, 9.17) is 64.5 Å². The number of nitrogen functional groups attached to an aromatic ring is 3. The van der Waals surface area contributed by atoms with Crippen molar-refractivity contribution in [3.8, 4) is 34.5 Å². The summed E-state index contributed by atoms with van der Waals surface area (Å²) in [5.74, 6) is 2.14. The fourth-order valence-electron chi connectivity index (χ4n) is 13.3. The average Bonchev–Trinajstić information content (AvgIpc) is 1.65. The van der Waals surface area contributed by atoms with Gasteiger partial charge < -0.3 is 73.4 Å². The number of hydrogen-bond donors (Lipinski definition) is 13. The van der Waals surface area contributed by atoms with Crippen LogP contribution in [0.1, 0.15) is 110 Å². The molecule has 0 radical (unpaired) electrons. The Hall–Kier alpha value is -11.2. The lowest BCUT2D eigenvalue weighted by Gasteiger charge is -2.17. The number of nitrogens with zero attached hydrogens (tertiary/aromatic N) is 12. The molecule has 6 aromatic carbocycles. The molecule has 0 spiro atoms. The van der Waals surface area contributed by atoms with Crippen LogP contribution in [0.2, 0.25) is 0 Å². The fraction of sp³-hybridized carbons (Fsp3) is 0.346. The zero-order chi connectivity index (χ0) is 87.2. The van der Waals surface area contributed by atoms with Crippen molar-refractivity contribution in [3.63, 3.8) is 0 Å². The molecule has 6 aromatic heterocycles. The summed E-state index contributed by atoms with van der Waals surface area (Å²) in [4.78, 5) is 144. The topological polar surface area (TPSA) is 594 Å². The molecule has 0 aliphatic rings. The lowest BCUT2D eigenvalue weighted by molar-refractivity contribution is 0.145. The van der Waals surface area contributed by atoms with E-state index in [9.17, 15) is 82.0 Å². The van der Waals surface area contributed by atoms with Crippen molar-refractivity contribution in [2.24, 2.45) is 15.0 Å². The van der Waals surface area contributed by atoms with Crippen molar-refractivity contribution in [1.82, 2.24) is 43.6 Å². The number of carbonyl (C=O) groups excluding carboxylic acids is 3. The number of rotatable bonds is 41. The molecule has 0 bridgehead atoms. The number of aromatic nitrogens is 9. The number of nitrogens with two attached hydrogens (primary N) is 3. The van der Waals surface area contributed by atoms with Crippen molar-refractivity contribution >= 4 is 133 Å². The van der Waals surface area contributed by atoms with Crippen molar-refractivity contribution in [1.29, 1.82) is 0 Å². The summed E-state index contributed by atoms with van der Waals surface area (Å²) < 4.78 is 87.9. The molecule has 0 aliphatic carbocycles. The van der Waals surface area contributed by atoms with E-state index in [0.717, 1.165) is 101 Å². The smallest absolute Gasteiger partial charge is 0.508 e. The van der Waals surface area contributed by atoms with Crippen molar-refractivity contribution in [2.45, 2.75) is 117 Å². The molecule has 12 rings (SSSR count). The van der Waals surface area contributed by atoms with Gasteiger partial charge in [-0.2, -0.15) is 0 Å². The number of fused-ring (bicyclic) bond motifs is 9. The minimum atomic E-state index is -5.00. The number of imidazole rings is 3. The molecule has 0 saturated heterocycles. The minimum absolute atomic E-state index is 0.0486. The summed E-state index contributed by atoms with van der Waals surface area (Å²) in [7, 11) is -19.5. The molecule has 121 heavy (non-hydrogen) atoms. The third-order valence-electron chi connectivity index (χ3n) is 18.6. The predicted molar refractivity (Wildman–Crippen MR) is 447 cm³/mol. The van der Waals surface area contributed by atoms with Gasteiger partial charge in [0.2, 0.25) is 18.2 Å². The van der Waals surface area contributed by atoms with Gasteiger partial charge in [-0.1, -0.05) is 58.2 Å². The zero-order valence-corrected chi connectivity index (χ0v) is 69.5. The van der Waals surface area contributed by atoms with Gasteiger partial charge in [0.05, 0.1) is 112 Å². The molecular weight excluding hydrogens is 1650 g/mol. The van der Waals surface area contributed by atoms with Crippen LogP contribution in [0.5, 0.6) is 34.5 Å². The second-order valence-electron chi connectivity index (χ2n) is 27.5. The van der Waals surface area contributed by atoms with Gasteiger partial charge in [-0.25, -0.2) is 77.5 Å². The lowest BCUT2D eigenvalue weighted by atomic mass is 10.1. The first-order valence-electron chi connectivity index (χ1n) is 38.1. The number of ether oxygens (including phenoxy) is 3. The van der Waals surface area contributed by atoms with Crippen LogP contribution in [0, 0.1) is 0 Å². The predicted octanol–water partition coefficient (Wildman–Crippen LogP) is 10.7. The number of phenolic OH excluding ortho intramolecular Hbond substituents is 2. The van der Waals surface area contributed by atoms with E-state index in [1.165, 1.54) is 60.7 Å². The number of unbranched alkanes of at least 4 members (excludes halogenated alkanes) is 3. The third-order valence-corrected chi connectivity index (χ3v) is 20.4. The average molecular weight is 1750 g/mol. The van der Waals surface area contributed by atoms with Gasteiger partial charge in [0.25, 0.3) is 0 Å². The molecule has 16 N–H and O–H groups in total. The van der Waals surface area contributed by atoms with Crippen LogP contribution in [0.3, 0.4) is 0 Å². The maximum absolute atomic E-state index is 11.7. The number of aromatic hydroxyl groups is 2. The number of phosphoric acid groups is 4. The second kappa shape index (κ2) is 42.3. The first-order valence-corrected chi connectivity index (χ1v) is 44.2. The van der Waals surface area contributed by atoms with Crippen LogP contribution < -0.4 is 35.3 Å². The molecule has 0 fully saturated rings.